The lowest BCUT2D eigenvalue weighted by atomic mass is 9.91. The fraction of sp³-hybridized carbons (Fsp3) is 0.0769. The molecule has 0 saturated carbocycles. The van der Waals surface area contributed by atoms with Gasteiger partial charge in [0.1, 0.15) is 5.82 Å². The topological polar surface area (TPSA) is 125 Å². The zero-order valence-electron chi connectivity index (χ0n) is 18.8. The summed E-state index contributed by atoms with van der Waals surface area (Å²) >= 11 is 0. The van der Waals surface area contributed by atoms with Crippen molar-refractivity contribution in [3.8, 4) is 22.4 Å². The molecule has 0 aliphatic rings. The number of sulfone groups is 1. The Hall–Kier alpha value is -4.24. The lowest BCUT2D eigenvalue weighted by Crippen LogP contribution is -2.09. The van der Waals surface area contributed by atoms with Gasteiger partial charge in [0, 0.05) is 23.7 Å². The van der Waals surface area contributed by atoms with Gasteiger partial charge in [-0.2, -0.15) is 0 Å². The second-order valence-electron chi connectivity index (χ2n) is 7.68. The van der Waals surface area contributed by atoms with E-state index in [1.165, 1.54) is 30.5 Å². The van der Waals surface area contributed by atoms with Gasteiger partial charge in [-0.3, -0.25) is 0 Å². The maximum Gasteiger partial charge on any atom is 0.336 e. The van der Waals surface area contributed by atoms with Crippen LogP contribution in [0.15, 0.2) is 83.9 Å². The molecule has 9 heteroatoms. The van der Waals surface area contributed by atoms with Crippen LogP contribution >= 0.6 is 0 Å². The molecule has 0 amide bonds. The third kappa shape index (κ3) is 6.01. The number of hydrogen-bond acceptors (Lipinski definition) is 4. The molecule has 0 aliphatic carbocycles. The van der Waals surface area contributed by atoms with E-state index in [2.05, 4.69) is 4.98 Å². The first-order valence-electron chi connectivity index (χ1n) is 10.3. The smallest absolute Gasteiger partial charge is 0.336 e. The summed E-state index contributed by atoms with van der Waals surface area (Å²) in [5, 5.41) is 18.5. The van der Waals surface area contributed by atoms with Crippen molar-refractivity contribution in [1.29, 1.82) is 0 Å². The predicted octanol–water partition coefficient (Wildman–Crippen LogP) is 5.28. The number of rotatable bonds is 5. The molecule has 0 bridgehead atoms. The summed E-state index contributed by atoms with van der Waals surface area (Å²) in [7, 11) is -3.10. The number of carboxylic acid groups (broad SMARTS) is 2. The minimum atomic E-state index is -3.10. The third-order valence-electron chi connectivity index (χ3n) is 5.18. The van der Waals surface area contributed by atoms with Gasteiger partial charge in [0.2, 0.25) is 0 Å². The normalized spacial score (nSPS) is 10.8. The summed E-state index contributed by atoms with van der Waals surface area (Å²) in [6.45, 7) is 1.59. The number of aromatic nitrogens is 1. The van der Waals surface area contributed by atoms with Crippen LogP contribution in [0.5, 0.6) is 0 Å². The fourth-order valence-corrected chi connectivity index (χ4v) is 4.10. The zero-order chi connectivity index (χ0) is 25.8. The Morgan fingerprint density at radius 2 is 1.43 bits per heavy atom. The average molecular weight is 496 g/mol. The standard InChI is InChI=1S/C15H11FO4.C11H11NO2S/c1-8-2-7-11(14(17)18)13(12(8)15(19)20)9-3-5-10(16)6-4-9;1-15(13,14)10-6-4-9(5-7-10)11-3-2-8-12-11/h2-7H,1H3,(H,17,18)(H,19,20);2-8,12H,1H3. The Labute approximate surface area is 201 Å². The summed E-state index contributed by atoms with van der Waals surface area (Å²) in [6.07, 6.45) is 3.04. The molecule has 1 heterocycles. The van der Waals surface area contributed by atoms with Crippen LogP contribution in [-0.2, 0) is 9.84 Å². The van der Waals surface area contributed by atoms with Crippen molar-refractivity contribution in [3.63, 3.8) is 0 Å². The SMILES string of the molecule is CS(=O)(=O)c1ccc(-c2ccc[nH]2)cc1.Cc1ccc(C(=O)O)c(-c2ccc(F)cc2)c1C(=O)O. The van der Waals surface area contributed by atoms with E-state index in [4.69, 9.17) is 0 Å². The highest BCUT2D eigenvalue weighted by atomic mass is 32.2. The van der Waals surface area contributed by atoms with E-state index in [0.29, 0.717) is 16.0 Å². The molecule has 4 aromatic rings. The van der Waals surface area contributed by atoms with Crippen LogP contribution in [0.3, 0.4) is 0 Å². The summed E-state index contributed by atoms with van der Waals surface area (Å²) in [6, 6.07) is 18.5. The third-order valence-corrected chi connectivity index (χ3v) is 6.31. The van der Waals surface area contributed by atoms with Gasteiger partial charge in [-0.1, -0.05) is 30.3 Å². The van der Waals surface area contributed by atoms with Crippen molar-refractivity contribution in [1.82, 2.24) is 4.98 Å². The van der Waals surface area contributed by atoms with E-state index >= 15 is 0 Å². The van der Waals surface area contributed by atoms with Crippen LogP contribution in [0.2, 0.25) is 0 Å². The zero-order valence-corrected chi connectivity index (χ0v) is 19.6. The van der Waals surface area contributed by atoms with Gasteiger partial charge in [-0.05, 0) is 66.1 Å². The summed E-state index contributed by atoms with van der Waals surface area (Å²) in [5.74, 6) is -2.92. The molecule has 0 spiro atoms. The van der Waals surface area contributed by atoms with E-state index < -0.39 is 27.6 Å². The molecule has 0 unspecified atom stereocenters. The van der Waals surface area contributed by atoms with Gasteiger partial charge in [0.15, 0.2) is 9.84 Å². The number of aromatic amines is 1. The van der Waals surface area contributed by atoms with Gasteiger partial charge < -0.3 is 15.2 Å². The number of nitrogens with one attached hydrogen (secondary N) is 1. The number of hydrogen-bond donors (Lipinski definition) is 3. The highest BCUT2D eigenvalue weighted by molar-refractivity contribution is 7.90. The maximum absolute atomic E-state index is 13.0. The molecule has 1 aromatic heterocycles. The minimum absolute atomic E-state index is 0.0866. The summed E-state index contributed by atoms with van der Waals surface area (Å²) < 4.78 is 35.4. The monoisotopic (exact) mass is 495 g/mol. The Morgan fingerprint density at radius 1 is 0.829 bits per heavy atom. The lowest BCUT2D eigenvalue weighted by molar-refractivity contribution is 0.0695. The number of carbonyl (C=O) groups is 2. The van der Waals surface area contributed by atoms with E-state index in [9.17, 15) is 32.6 Å². The molecule has 0 fully saturated rings. The van der Waals surface area contributed by atoms with Crippen LogP contribution in [0, 0.1) is 12.7 Å². The average Bonchev–Trinajstić information content (AvgIpc) is 3.34. The lowest BCUT2D eigenvalue weighted by Gasteiger charge is -2.12. The van der Waals surface area contributed by atoms with Crippen LogP contribution in [0.4, 0.5) is 4.39 Å². The molecule has 0 saturated heterocycles. The van der Waals surface area contributed by atoms with Crippen LogP contribution in [-0.4, -0.2) is 41.8 Å². The Kier molecular flexibility index (Phi) is 7.51. The molecule has 35 heavy (non-hydrogen) atoms. The number of aryl methyl sites for hydroxylation is 1. The molecule has 0 radical (unpaired) electrons. The van der Waals surface area contributed by atoms with Gasteiger partial charge in [-0.15, -0.1) is 0 Å². The second kappa shape index (κ2) is 10.4. The largest absolute Gasteiger partial charge is 0.478 e. The van der Waals surface area contributed by atoms with Gasteiger partial charge in [-0.25, -0.2) is 22.4 Å². The Balaban J connectivity index is 0.000000203. The number of H-pyrrole nitrogens is 1. The van der Waals surface area contributed by atoms with E-state index in [0.717, 1.165) is 23.4 Å². The number of aromatic carboxylic acids is 2. The number of carboxylic acids is 2. The van der Waals surface area contributed by atoms with Gasteiger partial charge >= 0.3 is 11.9 Å². The summed E-state index contributed by atoms with van der Waals surface area (Å²) in [4.78, 5) is 26.1. The predicted molar refractivity (Wildman–Crippen MR) is 130 cm³/mol. The van der Waals surface area contributed by atoms with Crippen molar-refractivity contribution >= 4 is 21.8 Å². The maximum atomic E-state index is 13.0. The minimum Gasteiger partial charge on any atom is -0.478 e. The number of benzene rings is 3. The second-order valence-corrected chi connectivity index (χ2v) is 9.69. The Bertz CT molecular complexity index is 1460. The van der Waals surface area contributed by atoms with Crippen molar-refractivity contribution in [2.24, 2.45) is 0 Å². The van der Waals surface area contributed by atoms with Crippen molar-refractivity contribution < 1.29 is 32.6 Å². The van der Waals surface area contributed by atoms with Crippen LogP contribution in [0.1, 0.15) is 26.3 Å². The first-order chi connectivity index (χ1) is 16.5. The Morgan fingerprint density at radius 3 is 1.91 bits per heavy atom. The highest BCUT2D eigenvalue weighted by Crippen LogP contribution is 2.30. The van der Waals surface area contributed by atoms with Crippen molar-refractivity contribution in [3.05, 3.63) is 102 Å². The number of halogens is 1. The quantitative estimate of drug-likeness (QED) is 0.346. The van der Waals surface area contributed by atoms with Gasteiger partial charge in [0.25, 0.3) is 0 Å². The van der Waals surface area contributed by atoms with Crippen LogP contribution < -0.4 is 0 Å². The van der Waals surface area contributed by atoms with Crippen molar-refractivity contribution in [2.75, 3.05) is 6.26 Å². The van der Waals surface area contributed by atoms with Gasteiger partial charge in [0.05, 0.1) is 16.0 Å². The van der Waals surface area contributed by atoms with E-state index in [1.54, 1.807) is 31.2 Å². The van der Waals surface area contributed by atoms with Crippen molar-refractivity contribution in [2.45, 2.75) is 11.8 Å². The van der Waals surface area contributed by atoms with E-state index in [1.807, 2.05) is 18.3 Å². The molecule has 0 atom stereocenters. The molecule has 7 nitrogen and oxygen atoms in total. The highest BCUT2D eigenvalue weighted by Gasteiger charge is 2.22. The first kappa shape index (κ1) is 25.4. The molecular formula is C26H22FNO6S. The molecule has 4 rings (SSSR count). The summed E-state index contributed by atoms with van der Waals surface area (Å²) in [5.41, 5.74) is 2.63. The first-order valence-corrected chi connectivity index (χ1v) is 12.2. The molecular weight excluding hydrogens is 473 g/mol. The molecule has 180 valence electrons. The van der Waals surface area contributed by atoms with Crippen LogP contribution in [0.25, 0.3) is 22.4 Å². The fourth-order valence-electron chi connectivity index (χ4n) is 3.47. The molecule has 3 N–H and O–H groups in total. The van der Waals surface area contributed by atoms with E-state index in [-0.39, 0.29) is 16.7 Å². The molecule has 0 aliphatic heterocycles. The molecule has 3 aromatic carbocycles.